The minimum absolute atomic E-state index is 0.0185. The molecule has 1 aromatic heterocycles. The summed E-state index contributed by atoms with van der Waals surface area (Å²) in [5.41, 5.74) is 22.6. The van der Waals surface area contributed by atoms with Crippen LogP contribution in [-0.4, -0.2) is 81.3 Å². The second-order valence-electron chi connectivity index (χ2n) is 9.22. The summed E-state index contributed by atoms with van der Waals surface area (Å²) >= 11 is 0. The standard InChI is InChI=1S/C25H36N10O6/c26-16(11-20(27)36)21(37)34-19(10-15-12-30-13-32-15)23(39)35-18(9-14-5-2-1-3-6-14)22(38)33-17(24(40)41)7-4-8-31-25(28)29/h1-3,5-6,12-13,16-19H,4,7-11,26H2,(H2,27,36)(H,30,32)(H,33,38)(H,34,37)(H,35,39)(H,40,41)(H4,28,29,31). The largest absolute Gasteiger partial charge is 0.480 e. The van der Waals surface area contributed by atoms with E-state index >= 15 is 0 Å². The van der Waals surface area contributed by atoms with Gasteiger partial charge in [0.2, 0.25) is 23.6 Å². The van der Waals surface area contributed by atoms with Crippen molar-refractivity contribution in [1.29, 1.82) is 0 Å². The molecule has 0 spiro atoms. The van der Waals surface area contributed by atoms with Crippen LogP contribution in [0.4, 0.5) is 0 Å². The van der Waals surface area contributed by atoms with Crippen LogP contribution in [0.25, 0.3) is 0 Å². The van der Waals surface area contributed by atoms with Crippen molar-refractivity contribution in [3.05, 3.63) is 54.1 Å². The summed E-state index contributed by atoms with van der Waals surface area (Å²) < 4.78 is 0. The molecule has 0 aliphatic heterocycles. The maximum Gasteiger partial charge on any atom is 0.326 e. The number of imidazole rings is 1. The lowest BCUT2D eigenvalue weighted by molar-refractivity contribution is -0.142. The SMILES string of the molecule is NC(=O)CC(N)C(=O)NC(Cc1cnc[nH]1)C(=O)NC(Cc1ccccc1)C(=O)NC(CCCN=C(N)N)C(=O)O. The summed E-state index contributed by atoms with van der Waals surface area (Å²) in [6, 6.07) is 3.72. The van der Waals surface area contributed by atoms with Gasteiger partial charge in [0, 0.05) is 31.3 Å². The first kappa shape index (κ1) is 32.2. The zero-order valence-corrected chi connectivity index (χ0v) is 22.3. The minimum Gasteiger partial charge on any atom is -0.480 e. The first-order valence-electron chi connectivity index (χ1n) is 12.7. The van der Waals surface area contributed by atoms with Crippen molar-refractivity contribution in [1.82, 2.24) is 25.9 Å². The molecule has 4 unspecified atom stereocenters. The summed E-state index contributed by atoms with van der Waals surface area (Å²) in [6.07, 6.45) is 2.66. The van der Waals surface area contributed by atoms with Gasteiger partial charge in [0.1, 0.15) is 18.1 Å². The number of amides is 4. The lowest BCUT2D eigenvalue weighted by Gasteiger charge is -2.25. The molecule has 4 amide bonds. The molecule has 0 aliphatic rings. The molecule has 1 heterocycles. The lowest BCUT2D eigenvalue weighted by Crippen LogP contribution is -2.58. The van der Waals surface area contributed by atoms with Gasteiger partial charge in [-0.25, -0.2) is 9.78 Å². The van der Waals surface area contributed by atoms with Crippen molar-refractivity contribution in [2.75, 3.05) is 6.54 Å². The number of guanidine groups is 1. The Balaban J connectivity index is 2.24. The molecule has 0 aliphatic carbocycles. The number of benzene rings is 1. The smallest absolute Gasteiger partial charge is 0.326 e. The van der Waals surface area contributed by atoms with Crippen LogP contribution in [0.3, 0.4) is 0 Å². The average Bonchev–Trinajstić information content (AvgIpc) is 3.42. The number of carbonyl (C=O) groups is 5. The van der Waals surface area contributed by atoms with Gasteiger partial charge in [-0.05, 0) is 18.4 Å². The number of H-pyrrole nitrogens is 1. The van der Waals surface area contributed by atoms with Crippen LogP contribution >= 0.6 is 0 Å². The van der Waals surface area contributed by atoms with E-state index in [0.717, 1.165) is 0 Å². The van der Waals surface area contributed by atoms with Crippen LogP contribution < -0.4 is 38.9 Å². The Morgan fingerprint density at radius 2 is 1.51 bits per heavy atom. The van der Waals surface area contributed by atoms with E-state index in [0.29, 0.717) is 11.3 Å². The fraction of sp³-hybridized carbons (Fsp3) is 0.400. The predicted octanol–water partition coefficient (Wildman–Crippen LogP) is -3.01. The van der Waals surface area contributed by atoms with Gasteiger partial charge in [-0.1, -0.05) is 30.3 Å². The molecule has 0 fully saturated rings. The normalized spacial score (nSPS) is 13.6. The van der Waals surface area contributed by atoms with Crippen molar-refractivity contribution in [2.24, 2.45) is 27.9 Å². The lowest BCUT2D eigenvalue weighted by atomic mass is 10.0. The molecule has 222 valence electrons. The number of rotatable bonds is 17. The molecular formula is C25H36N10O6. The van der Waals surface area contributed by atoms with E-state index in [1.54, 1.807) is 30.3 Å². The maximum absolute atomic E-state index is 13.4. The summed E-state index contributed by atoms with van der Waals surface area (Å²) in [5.74, 6) is -4.53. The maximum atomic E-state index is 13.4. The molecule has 0 saturated heterocycles. The van der Waals surface area contributed by atoms with E-state index in [1.807, 2.05) is 0 Å². The Hall–Kier alpha value is -4.99. The second-order valence-corrected chi connectivity index (χ2v) is 9.22. The van der Waals surface area contributed by atoms with Crippen molar-refractivity contribution in [3.8, 4) is 0 Å². The van der Waals surface area contributed by atoms with Gasteiger partial charge in [-0.2, -0.15) is 0 Å². The number of aliphatic imine (C=N–C) groups is 1. The van der Waals surface area contributed by atoms with Crippen molar-refractivity contribution in [2.45, 2.75) is 56.3 Å². The Bertz CT molecular complexity index is 1200. The highest BCUT2D eigenvalue weighted by molar-refractivity contribution is 5.95. The number of hydrogen-bond donors (Lipinski definition) is 9. The number of nitrogens with zero attached hydrogens (tertiary/aromatic N) is 2. The molecule has 0 bridgehead atoms. The first-order valence-corrected chi connectivity index (χ1v) is 12.7. The van der Waals surface area contributed by atoms with Gasteiger partial charge in [-0.15, -0.1) is 0 Å². The van der Waals surface area contributed by atoms with Crippen molar-refractivity contribution in [3.63, 3.8) is 0 Å². The summed E-state index contributed by atoms with van der Waals surface area (Å²) in [6.45, 7) is 0.166. The average molecular weight is 573 g/mol. The third kappa shape index (κ3) is 11.7. The van der Waals surface area contributed by atoms with Gasteiger partial charge < -0.3 is 49.0 Å². The van der Waals surface area contributed by atoms with E-state index in [4.69, 9.17) is 22.9 Å². The van der Waals surface area contributed by atoms with Crippen LogP contribution in [0.1, 0.15) is 30.5 Å². The zero-order chi connectivity index (χ0) is 30.4. The molecule has 16 nitrogen and oxygen atoms in total. The Morgan fingerprint density at radius 1 is 0.902 bits per heavy atom. The number of carboxylic acid groups (broad SMARTS) is 1. The summed E-state index contributed by atoms with van der Waals surface area (Å²) in [5, 5.41) is 17.2. The number of nitrogens with two attached hydrogens (primary N) is 4. The number of aromatic amines is 1. The number of aromatic nitrogens is 2. The molecule has 0 radical (unpaired) electrons. The molecule has 4 atom stereocenters. The Morgan fingerprint density at radius 3 is 2.07 bits per heavy atom. The van der Waals surface area contributed by atoms with Gasteiger partial charge in [0.05, 0.1) is 18.8 Å². The van der Waals surface area contributed by atoms with Crippen LogP contribution in [0.15, 0.2) is 47.8 Å². The van der Waals surface area contributed by atoms with Crippen LogP contribution in [0, 0.1) is 0 Å². The highest BCUT2D eigenvalue weighted by Gasteiger charge is 2.31. The third-order valence-corrected chi connectivity index (χ3v) is 5.85. The van der Waals surface area contributed by atoms with Crippen LogP contribution in [-0.2, 0) is 36.8 Å². The zero-order valence-electron chi connectivity index (χ0n) is 22.3. The quantitative estimate of drug-likeness (QED) is 0.0525. The fourth-order valence-corrected chi connectivity index (χ4v) is 3.78. The first-order chi connectivity index (χ1) is 19.5. The number of carboxylic acids is 1. The van der Waals surface area contributed by atoms with Gasteiger partial charge in [-0.3, -0.25) is 24.2 Å². The van der Waals surface area contributed by atoms with E-state index < -0.39 is 60.2 Å². The van der Waals surface area contributed by atoms with Gasteiger partial charge in [0.25, 0.3) is 0 Å². The summed E-state index contributed by atoms with van der Waals surface area (Å²) in [4.78, 5) is 72.9. The summed E-state index contributed by atoms with van der Waals surface area (Å²) in [7, 11) is 0. The second kappa shape index (κ2) is 16.2. The number of carbonyl (C=O) groups excluding carboxylic acids is 4. The van der Waals surface area contributed by atoms with Crippen molar-refractivity contribution < 1.29 is 29.1 Å². The number of primary amides is 1. The fourth-order valence-electron chi connectivity index (χ4n) is 3.78. The third-order valence-electron chi connectivity index (χ3n) is 5.85. The number of nitrogens with one attached hydrogen (secondary N) is 4. The molecule has 13 N–H and O–H groups in total. The molecule has 2 rings (SSSR count). The molecule has 16 heteroatoms. The van der Waals surface area contributed by atoms with Gasteiger partial charge >= 0.3 is 5.97 Å². The monoisotopic (exact) mass is 572 g/mol. The Kier molecular flexibility index (Phi) is 12.7. The van der Waals surface area contributed by atoms with E-state index in [1.165, 1.54) is 12.5 Å². The predicted molar refractivity (Wildman–Crippen MR) is 148 cm³/mol. The van der Waals surface area contributed by atoms with Gasteiger partial charge in [0.15, 0.2) is 5.96 Å². The molecule has 2 aromatic rings. The number of hydrogen-bond acceptors (Lipinski definition) is 8. The molecule has 41 heavy (non-hydrogen) atoms. The van der Waals surface area contributed by atoms with E-state index in [2.05, 4.69) is 30.9 Å². The molecule has 1 aromatic carbocycles. The Labute approximate surface area is 235 Å². The molecule has 0 saturated carbocycles. The molecular weight excluding hydrogens is 536 g/mol. The minimum atomic E-state index is -1.30. The van der Waals surface area contributed by atoms with Crippen LogP contribution in [0.5, 0.6) is 0 Å². The topological polar surface area (TPSA) is 287 Å². The van der Waals surface area contributed by atoms with Crippen LogP contribution in [0.2, 0.25) is 0 Å². The van der Waals surface area contributed by atoms with E-state index in [-0.39, 0.29) is 38.2 Å². The number of aliphatic carboxylic acids is 1. The highest BCUT2D eigenvalue weighted by atomic mass is 16.4. The van der Waals surface area contributed by atoms with E-state index in [9.17, 15) is 29.1 Å². The van der Waals surface area contributed by atoms with Crippen molar-refractivity contribution >= 4 is 35.6 Å². The highest BCUT2D eigenvalue weighted by Crippen LogP contribution is 2.08.